The van der Waals surface area contributed by atoms with Crippen LogP contribution in [0.5, 0.6) is 0 Å². The number of nitrogens with zero attached hydrogens (tertiary/aromatic N) is 3. The molecule has 0 radical (unpaired) electrons. The van der Waals surface area contributed by atoms with Crippen LogP contribution in [0.3, 0.4) is 0 Å². The van der Waals surface area contributed by atoms with Gasteiger partial charge in [0.15, 0.2) is 5.96 Å². The third kappa shape index (κ3) is 4.99. The SMILES string of the molecule is CCNC(=NCC(O)c1ccc(Cl)s1)N(C)Cc1cccn1C. The first-order chi connectivity index (χ1) is 11.0. The van der Waals surface area contributed by atoms with Crippen molar-refractivity contribution in [1.82, 2.24) is 14.8 Å². The van der Waals surface area contributed by atoms with E-state index >= 15 is 0 Å². The maximum atomic E-state index is 10.2. The third-order valence-corrected chi connectivity index (χ3v) is 4.82. The van der Waals surface area contributed by atoms with Crippen molar-refractivity contribution in [2.75, 3.05) is 20.1 Å². The molecule has 0 saturated carbocycles. The van der Waals surface area contributed by atoms with E-state index in [1.807, 2.05) is 44.2 Å². The highest BCUT2D eigenvalue weighted by Crippen LogP contribution is 2.26. The molecule has 0 aliphatic heterocycles. The van der Waals surface area contributed by atoms with Gasteiger partial charge in [0.05, 0.1) is 17.4 Å². The molecule has 23 heavy (non-hydrogen) atoms. The summed E-state index contributed by atoms with van der Waals surface area (Å²) in [5.74, 6) is 0.774. The fourth-order valence-corrected chi connectivity index (χ4v) is 3.26. The lowest BCUT2D eigenvalue weighted by atomic mass is 10.3. The predicted molar refractivity (Wildman–Crippen MR) is 97.1 cm³/mol. The smallest absolute Gasteiger partial charge is 0.194 e. The summed E-state index contributed by atoms with van der Waals surface area (Å²) in [4.78, 5) is 7.43. The Kier molecular flexibility index (Phi) is 6.50. The van der Waals surface area contributed by atoms with E-state index in [1.54, 1.807) is 6.07 Å². The number of thiophene rings is 1. The number of aliphatic imine (C=N–C) groups is 1. The van der Waals surface area contributed by atoms with Crippen LogP contribution in [0, 0.1) is 0 Å². The molecule has 0 aliphatic carbocycles. The minimum Gasteiger partial charge on any atom is -0.386 e. The zero-order valence-corrected chi connectivity index (χ0v) is 15.2. The lowest BCUT2D eigenvalue weighted by Crippen LogP contribution is -2.39. The number of aryl methyl sites for hydroxylation is 1. The fraction of sp³-hybridized carbons (Fsp3) is 0.438. The van der Waals surface area contributed by atoms with E-state index in [0.29, 0.717) is 10.9 Å². The molecule has 2 N–H and O–H groups in total. The number of aliphatic hydroxyl groups is 1. The van der Waals surface area contributed by atoms with Gasteiger partial charge in [-0.3, -0.25) is 4.99 Å². The summed E-state index contributed by atoms with van der Waals surface area (Å²) in [6.45, 7) is 3.85. The molecule has 2 aromatic heterocycles. The van der Waals surface area contributed by atoms with Crippen molar-refractivity contribution in [3.05, 3.63) is 45.4 Å². The van der Waals surface area contributed by atoms with Crippen molar-refractivity contribution in [2.45, 2.75) is 19.6 Å². The second kappa shape index (κ2) is 8.38. The molecule has 2 rings (SSSR count). The fourth-order valence-electron chi connectivity index (χ4n) is 2.22. The molecule has 0 bridgehead atoms. The third-order valence-electron chi connectivity index (χ3n) is 3.48. The van der Waals surface area contributed by atoms with Gasteiger partial charge in [-0.05, 0) is 31.2 Å². The summed E-state index contributed by atoms with van der Waals surface area (Å²) >= 11 is 7.29. The van der Waals surface area contributed by atoms with E-state index in [9.17, 15) is 5.11 Å². The average Bonchev–Trinajstić information content (AvgIpc) is 3.12. The number of aliphatic hydroxyl groups excluding tert-OH is 1. The zero-order chi connectivity index (χ0) is 16.8. The molecule has 2 heterocycles. The molecule has 2 aromatic rings. The summed E-state index contributed by atoms with van der Waals surface area (Å²) < 4.78 is 2.76. The van der Waals surface area contributed by atoms with Crippen molar-refractivity contribution >= 4 is 28.9 Å². The van der Waals surface area contributed by atoms with Crippen LogP contribution >= 0.6 is 22.9 Å². The molecule has 0 saturated heterocycles. The number of hydrogen-bond donors (Lipinski definition) is 2. The minimum atomic E-state index is -0.635. The van der Waals surface area contributed by atoms with Gasteiger partial charge < -0.3 is 19.9 Å². The highest BCUT2D eigenvalue weighted by atomic mass is 35.5. The maximum Gasteiger partial charge on any atom is 0.194 e. The Labute approximate surface area is 146 Å². The van der Waals surface area contributed by atoms with Gasteiger partial charge in [-0.2, -0.15) is 0 Å². The standard InChI is InChI=1S/C16H23ClN4OS/c1-4-18-16(21(3)11-12-6-5-9-20(12)2)19-10-13(22)14-7-8-15(17)23-14/h5-9,13,22H,4,10-11H2,1-3H3,(H,18,19). The molecule has 5 nitrogen and oxygen atoms in total. The van der Waals surface area contributed by atoms with Gasteiger partial charge in [0.1, 0.15) is 6.10 Å². The molecule has 0 aliphatic rings. The highest BCUT2D eigenvalue weighted by Gasteiger charge is 2.12. The molecule has 0 fully saturated rings. The van der Waals surface area contributed by atoms with E-state index in [-0.39, 0.29) is 0 Å². The number of guanidine groups is 1. The van der Waals surface area contributed by atoms with Crippen LogP contribution in [-0.2, 0) is 13.6 Å². The van der Waals surface area contributed by atoms with Gasteiger partial charge in [0.25, 0.3) is 0 Å². The number of halogens is 1. The second-order valence-corrected chi connectivity index (χ2v) is 7.07. The van der Waals surface area contributed by atoms with Gasteiger partial charge in [0, 0.05) is 37.4 Å². The average molecular weight is 355 g/mol. The first kappa shape index (κ1) is 17.8. The lowest BCUT2D eigenvalue weighted by Gasteiger charge is -2.22. The molecule has 1 unspecified atom stereocenters. The van der Waals surface area contributed by atoms with Crippen LogP contribution in [0.25, 0.3) is 0 Å². The monoisotopic (exact) mass is 354 g/mol. The zero-order valence-electron chi connectivity index (χ0n) is 13.7. The van der Waals surface area contributed by atoms with E-state index in [1.165, 1.54) is 17.0 Å². The van der Waals surface area contributed by atoms with E-state index < -0.39 is 6.10 Å². The van der Waals surface area contributed by atoms with Crippen molar-refractivity contribution in [2.24, 2.45) is 12.0 Å². The first-order valence-corrected chi connectivity index (χ1v) is 8.73. The number of rotatable bonds is 6. The molecule has 7 heteroatoms. The predicted octanol–water partition coefficient (Wildman–Crippen LogP) is 2.87. The summed E-state index contributed by atoms with van der Waals surface area (Å²) in [5.41, 5.74) is 1.20. The molecule has 0 spiro atoms. The Bertz CT molecular complexity index is 652. The number of nitrogens with one attached hydrogen (secondary N) is 1. The first-order valence-electron chi connectivity index (χ1n) is 7.54. The van der Waals surface area contributed by atoms with E-state index in [4.69, 9.17) is 11.6 Å². The lowest BCUT2D eigenvalue weighted by molar-refractivity contribution is 0.190. The largest absolute Gasteiger partial charge is 0.386 e. The maximum absolute atomic E-state index is 10.2. The normalized spacial score (nSPS) is 13.2. The van der Waals surface area contributed by atoms with Crippen LogP contribution in [0.1, 0.15) is 23.6 Å². The summed E-state index contributed by atoms with van der Waals surface area (Å²) in [5, 5.41) is 13.5. The summed E-state index contributed by atoms with van der Waals surface area (Å²) in [7, 11) is 4.01. The van der Waals surface area contributed by atoms with Gasteiger partial charge in [0.2, 0.25) is 0 Å². The Hall–Kier alpha value is -1.50. The molecular formula is C16H23ClN4OS. The van der Waals surface area contributed by atoms with Gasteiger partial charge in [-0.15, -0.1) is 11.3 Å². The van der Waals surface area contributed by atoms with Gasteiger partial charge in [-0.1, -0.05) is 11.6 Å². The Morgan fingerprint density at radius 1 is 1.48 bits per heavy atom. The summed E-state index contributed by atoms with van der Waals surface area (Å²) in [6.07, 6.45) is 1.39. The van der Waals surface area contributed by atoms with Gasteiger partial charge in [-0.25, -0.2) is 0 Å². The Balaban J connectivity index is 2.02. The Morgan fingerprint density at radius 3 is 2.83 bits per heavy atom. The van der Waals surface area contributed by atoms with Crippen LogP contribution in [0.2, 0.25) is 4.34 Å². The molecule has 126 valence electrons. The second-order valence-electron chi connectivity index (χ2n) is 5.32. The molecule has 0 amide bonds. The van der Waals surface area contributed by atoms with Gasteiger partial charge >= 0.3 is 0 Å². The minimum absolute atomic E-state index is 0.302. The molecular weight excluding hydrogens is 332 g/mol. The number of hydrogen-bond acceptors (Lipinski definition) is 3. The van der Waals surface area contributed by atoms with Crippen molar-refractivity contribution < 1.29 is 5.11 Å². The van der Waals surface area contributed by atoms with E-state index in [2.05, 4.69) is 20.9 Å². The Morgan fingerprint density at radius 2 is 2.26 bits per heavy atom. The highest BCUT2D eigenvalue weighted by molar-refractivity contribution is 7.16. The van der Waals surface area contributed by atoms with Crippen molar-refractivity contribution in [3.8, 4) is 0 Å². The van der Waals surface area contributed by atoms with E-state index in [0.717, 1.165) is 23.9 Å². The number of aromatic nitrogens is 1. The van der Waals surface area contributed by atoms with Crippen molar-refractivity contribution in [1.29, 1.82) is 0 Å². The topological polar surface area (TPSA) is 52.8 Å². The summed E-state index contributed by atoms with van der Waals surface area (Å²) in [6, 6.07) is 7.75. The van der Waals surface area contributed by atoms with Crippen molar-refractivity contribution in [3.63, 3.8) is 0 Å². The van der Waals surface area contributed by atoms with Crippen LogP contribution in [-0.4, -0.2) is 40.7 Å². The van der Waals surface area contributed by atoms with Crippen LogP contribution < -0.4 is 5.32 Å². The molecule has 1 atom stereocenters. The van der Waals surface area contributed by atoms with Crippen LogP contribution in [0.4, 0.5) is 0 Å². The molecule has 0 aromatic carbocycles. The quantitative estimate of drug-likeness (QED) is 0.619. The van der Waals surface area contributed by atoms with Crippen LogP contribution in [0.15, 0.2) is 35.5 Å².